The lowest BCUT2D eigenvalue weighted by Gasteiger charge is -2.11. The predicted octanol–water partition coefficient (Wildman–Crippen LogP) is 4.00. The average Bonchev–Trinajstić information content (AvgIpc) is 3.39. The SMILES string of the molecule is Fc1cccc(Nc2cc(-c3ccccn3)nc(NC3CC3)n2)c1. The molecule has 3 aromatic rings. The lowest BCUT2D eigenvalue weighted by molar-refractivity contribution is 0.628. The van der Waals surface area contributed by atoms with E-state index in [-0.39, 0.29) is 5.82 Å². The van der Waals surface area contributed by atoms with Gasteiger partial charge in [0.1, 0.15) is 11.6 Å². The van der Waals surface area contributed by atoms with Gasteiger partial charge in [0, 0.05) is 24.0 Å². The molecular weight excluding hydrogens is 305 g/mol. The number of benzene rings is 1. The van der Waals surface area contributed by atoms with Crippen LogP contribution in [0.3, 0.4) is 0 Å². The van der Waals surface area contributed by atoms with E-state index in [1.807, 2.05) is 24.3 Å². The summed E-state index contributed by atoms with van der Waals surface area (Å²) in [5.41, 5.74) is 2.12. The number of halogens is 1. The van der Waals surface area contributed by atoms with Crippen LogP contribution in [0.4, 0.5) is 21.8 Å². The van der Waals surface area contributed by atoms with E-state index in [0.29, 0.717) is 29.2 Å². The van der Waals surface area contributed by atoms with E-state index in [1.165, 1.54) is 12.1 Å². The summed E-state index contributed by atoms with van der Waals surface area (Å²) >= 11 is 0. The van der Waals surface area contributed by atoms with Gasteiger partial charge in [0.2, 0.25) is 5.95 Å². The fraction of sp³-hybridized carbons (Fsp3) is 0.167. The van der Waals surface area contributed by atoms with Gasteiger partial charge in [0.05, 0.1) is 11.4 Å². The quantitative estimate of drug-likeness (QED) is 0.744. The largest absolute Gasteiger partial charge is 0.351 e. The van der Waals surface area contributed by atoms with Crippen molar-refractivity contribution in [1.82, 2.24) is 15.0 Å². The lowest BCUT2D eigenvalue weighted by Crippen LogP contribution is -2.08. The molecule has 0 unspecified atom stereocenters. The molecule has 0 bridgehead atoms. The summed E-state index contributed by atoms with van der Waals surface area (Å²) in [5, 5.41) is 6.43. The van der Waals surface area contributed by atoms with Gasteiger partial charge in [-0.15, -0.1) is 0 Å². The Morgan fingerprint density at radius 1 is 0.958 bits per heavy atom. The van der Waals surface area contributed by atoms with Gasteiger partial charge in [-0.05, 0) is 43.2 Å². The second kappa shape index (κ2) is 6.23. The van der Waals surface area contributed by atoms with Gasteiger partial charge in [-0.1, -0.05) is 12.1 Å². The molecule has 2 aromatic heterocycles. The normalized spacial score (nSPS) is 13.5. The summed E-state index contributed by atoms with van der Waals surface area (Å²) in [7, 11) is 0. The monoisotopic (exact) mass is 321 g/mol. The Bertz CT molecular complexity index is 849. The van der Waals surface area contributed by atoms with Crippen LogP contribution in [-0.4, -0.2) is 21.0 Å². The molecule has 2 N–H and O–H groups in total. The molecule has 0 atom stereocenters. The number of anilines is 3. The first kappa shape index (κ1) is 14.6. The van der Waals surface area contributed by atoms with Crippen molar-refractivity contribution in [2.24, 2.45) is 0 Å². The van der Waals surface area contributed by atoms with E-state index in [2.05, 4.69) is 25.6 Å². The van der Waals surface area contributed by atoms with Gasteiger partial charge in [-0.3, -0.25) is 4.98 Å². The number of hydrogen-bond acceptors (Lipinski definition) is 5. The molecule has 0 aliphatic heterocycles. The van der Waals surface area contributed by atoms with Crippen molar-refractivity contribution in [2.75, 3.05) is 10.6 Å². The van der Waals surface area contributed by atoms with Crippen molar-refractivity contribution in [3.63, 3.8) is 0 Å². The second-order valence-electron chi connectivity index (χ2n) is 5.73. The number of aromatic nitrogens is 3. The molecule has 4 rings (SSSR count). The van der Waals surface area contributed by atoms with Crippen molar-refractivity contribution in [3.8, 4) is 11.4 Å². The molecule has 6 heteroatoms. The molecular formula is C18H16FN5. The smallest absolute Gasteiger partial charge is 0.225 e. The predicted molar refractivity (Wildman–Crippen MR) is 91.6 cm³/mol. The van der Waals surface area contributed by atoms with Crippen LogP contribution < -0.4 is 10.6 Å². The fourth-order valence-electron chi connectivity index (χ4n) is 2.35. The molecule has 1 aliphatic carbocycles. The fourth-order valence-corrected chi connectivity index (χ4v) is 2.35. The molecule has 120 valence electrons. The molecule has 1 fully saturated rings. The topological polar surface area (TPSA) is 62.7 Å². The number of pyridine rings is 1. The van der Waals surface area contributed by atoms with Gasteiger partial charge in [0.25, 0.3) is 0 Å². The molecule has 0 saturated heterocycles. The third kappa shape index (κ3) is 3.48. The van der Waals surface area contributed by atoms with Crippen molar-refractivity contribution in [3.05, 3.63) is 60.5 Å². The zero-order chi connectivity index (χ0) is 16.4. The lowest BCUT2D eigenvalue weighted by atomic mass is 10.2. The number of rotatable bonds is 5. The Kier molecular flexibility index (Phi) is 3.78. The third-order valence-electron chi connectivity index (χ3n) is 3.66. The number of hydrogen-bond donors (Lipinski definition) is 2. The molecule has 0 spiro atoms. The molecule has 0 amide bonds. The van der Waals surface area contributed by atoms with E-state index in [9.17, 15) is 4.39 Å². The van der Waals surface area contributed by atoms with Crippen LogP contribution >= 0.6 is 0 Å². The second-order valence-corrected chi connectivity index (χ2v) is 5.73. The van der Waals surface area contributed by atoms with Crippen LogP contribution in [0, 0.1) is 5.82 Å². The Hall–Kier alpha value is -3.02. The number of nitrogens with zero attached hydrogens (tertiary/aromatic N) is 3. The van der Waals surface area contributed by atoms with Crippen LogP contribution in [0.25, 0.3) is 11.4 Å². The summed E-state index contributed by atoms with van der Waals surface area (Å²) in [4.78, 5) is 13.4. The minimum Gasteiger partial charge on any atom is -0.351 e. The van der Waals surface area contributed by atoms with Gasteiger partial charge in [-0.25, -0.2) is 9.37 Å². The standard InChI is InChI=1S/C18H16FN5/c19-12-4-3-5-14(10-12)21-17-11-16(15-6-1-2-9-20-15)23-18(24-17)22-13-7-8-13/h1-6,9-11,13H,7-8H2,(H2,21,22,23,24). The first-order chi connectivity index (χ1) is 11.8. The average molecular weight is 321 g/mol. The molecule has 2 heterocycles. The molecule has 1 aromatic carbocycles. The van der Waals surface area contributed by atoms with Crippen molar-refractivity contribution in [2.45, 2.75) is 18.9 Å². The molecule has 24 heavy (non-hydrogen) atoms. The molecule has 1 saturated carbocycles. The highest BCUT2D eigenvalue weighted by atomic mass is 19.1. The van der Waals surface area contributed by atoms with Crippen molar-refractivity contribution in [1.29, 1.82) is 0 Å². The number of nitrogens with one attached hydrogen (secondary N) is 2. The zero-order valence-corrected chi connectivity index (χ0v) is 12.9. The Morgan fingerprint density at radius 3 is 2.62 bits per heavy atom. The van der Waals surface area contributed by atoms with Gasteiger partial charge < -0.3 is 10.6 Å². The van der Waals surface area contributed by atoms with E-state index in [4.69, 9.17) is 0 Å². The highest BCUT2D eigenvalue weighted by molar-refractivity contribution is 5.65. The van der Waals surface area contributed by atoms with Crippen molar-refractivity contribution < 1.29 is 4.39 Å². The van der Waals surface area contributed by atoms with Crippen LogP contribution in [0.1, 0.15) is 12.8 Å². The maximum atomic E-state index is 13.4. The summed E-state index contributed by atoms with van der Waals surface area (Å²) < 4.78 is 13.4. The summed E-state index contributed by atoms with van der Waals surface area (Å²) in [6.45, 7) is 0. The van der Waals surface area contributed by atoms with Crippen LogP contribution in [0.2, 0.25) is 0 Å². The zero-order valence-electron chi connectivity index (χ0n) is 12.9. The van der Waals surface area contributed by atoms with Crippen LogP contribution in [0.5, 0.6) is 0 Å². The third-order valence-corrected chi connectivity index (χ3v) is 3.66. The van der Waals surface area contributed by atoms with Crippen LogP contribution in [-0.2, 0) is 0 Å². The summed E-state index contributed by atoms with van der Waals surface area (Å²) in [6, 6.07) is 14.2. The first-order valence-corrected chi connectivity index (χ1v) is 7.86. The molecule has 0 radical (unpaired) electrons. The minimum absolute atomic E-state index is 0.296. The Morgan fingerprint density at radius 2 is 1.88 bits per heavy atom. The van der Waals surface area contributed by atoms with Crippen LogP contribution in [0.15, 0.2) is 54.7 Å². The van der Waals surface area contributed by atoms with E-state index in [1.54, 1.807) is 18.3 Å². The maximum absolute atomic E-state index is 13.4. The van der Waals surface area contributed by atoms with Gasteiger partial charge in [-0.2, -0.15) is 4.98 Å². The van der Waals surface area contributed by atoms with Crippen molar-refractivity contribution >= 4 is 17.5 Å². The van der Waals surface area contributed by atoms with E-state index < -0.39 is 0 Å². The highest BCUT2D eigenvalue weighted by Crippen LogP contribution is 2.26. The van der Waals surface area contributed by atoms with E-state index in [0.717, 1.165) is 18.5 Å². The summed E-state index contributed by atoms with van der Waals surface area (Å²) in [5.74, 6) is 0.856. The van der Waals surface area contributed by atoms with Gasteiger partial charge in [0.15, 0.2) is 0 Å². The summed E-state index contributed by atoms with van der Waals surface area (Å²) in [6.07, 6.45) is 3.98. The maximum Gasteiger partial charge on any atom is 0.225 e. The Balaban J connectivity index is 1.69. The Labute approximate surface area is 139 Å². The minimum atomic E-state index is -0.296. The van der Waals surface area contributed by atoms with E-state index >= 15 is 0 Å². The molecule has 1 aliphatic rings. The van der Waals surface area contributed by atoms with Gasteiger partial charge >= 0.3 is 0 Å². The highest BCUT2D eigenvalue weighted by Gasteiger charge is 2.22. The first-order valence-electron chi connectivity index (χ1n) is 7.86. The molecule has 5 nitrogen and oxygen atoms in total.